The van der Waals surface area contributed by atoms with Gasteiger partial charge in [0.25, 0.3) is 0 Å². The van der Waals surface area contributed by atoms with Crippen LogP contribution in [-0.4, -0.2) is 0 Å². The lowest BCUT2D eigenvalue weighted by atomic mass is 9.81. The first-order valence-electron chi connectivity index (χ1n) is 41.9. The van der Waals surface area contributed by atoms with Crippen LogP contribution in [0.4, 0.5) is 34.1 Å². The van der Waals surface area contributed by atoms with Gasteiger partial charge in [-0.1, -0.05) is 380 Å². The van der Waals surface area contributed by atoms with Crippen LogP contribution in [0.1, 0.15) is 49.9 Å². The molecular weight excluding hydrogens is 1450 g/mol. The van der Waals surface area contributed by atoms with E-state index in [4.69, 9.17) is 0 Å². The Morgan fingerprint density at radius 1 is 0.150 bits per heavy atom. The first kappa shape index (κ1) is 71.6. The van der Waals surface area contributed by atoms with Crippen molar-refractivity contribution in [3.63, 3.8) is 0 Å². The van der Waals surface area contributed by atoms with Crippen molar-refractivity contribution in [2.24, 2.45) is 0 Å². The summed E-state index contributed by atoms with van der Waals surface area (Å²) in [6, 6.07) is 163. The Hall–Kier alpha value is -15.0. The molecule has 0 fully saturated rings. The highest BCUT2D eigenvalue weighted by Gasteiger charge is 2.39. The van der Waals surface area contributed by atoms with Crippen LogP contribution in [0, 0.1) is 0 Å². The summed E-state index contributed by atoms with van der Waals surface area (Å²) in [7, 11) is 0. The van der Waals surface area contributed by atoms with Crippen LogP contribution in [0.5, 0.6) is 0 Å². The second-order valence-electron chi connectivity index (χ2n) is 33.5. The van der Waals surface area contributed by atoms with E-state index in [0.717, 1.165) is 78.6 Å². The van der Waals surface area contributed by atoms with Gasteiger partial charge in [-0.2, -0.15) is 0 Å². The standard InChI is InChI=1S/C118H84N2/c1-117(2)111-72-93(102-37-19-30-83-27-13-15-33-99(83)102)56-66-107(111)109-68-62-97(75-113(109)117)119(115-39-18-17-35-105(115)86-45-40-80(41-46-86)77-22-7-5-8-23-77)95-60-52-85(53-61-95)101-36-21-32-92-71-90(54-64-104(92)101)91-55-65-106(87-47-42-81(43-48-87)78-24-9-6-10-25-78)116(74-91)120(96-58-50-82(51-59-96)89-49-44-79-26-11-12-29-88(79)70-89)98-63-69-110-108-67-57-94(73-112(108)118(3,4)114(110)76-98)103-38-20-31-84-28-14-16-34-100(84)103/h5-76H,1-4H3. The second-order valence-corrected chi connectivity index (χ2v) is 33.5. The van der Waals surface area contributed by atoms with Crippen molar-refractivity contribution in [2.75, 3.05) is 9.80 Å². The number of anilines is 6. The molecule has 22 rings (SSSR count). The lowest BCUT2D eigenvalue weighted by Crippen LogP contribution is -2.17. The van der Waals surface area contributed by atoms with Gasteiger partial charge in [0.1, 0.15) is 0 Å². The fourth-order valence-corrected chi connectivity index (χ4v) is 19.5. The van der Waals surface area contributed by atoms with Crippen LogP contribution in [0.3, 0.4) is 0 Å². The summed E-state index contributed by atoms with van der Waals surface area (Å²) in [6.07, 6.45) is 0. The van der Waals surface area contributed by atoms with E-state index in [1.807, 2.05) is 0 Å². The zero-order valence-corrected chi connectivity index (χ0v) is 67.5. The molecule has 2 aliphatic carbocycles. The highest BCUT2D eigenvalue weighted by atomic mass is 15.2. The van der Waals surface area contributed by atoms with E-state index in [1.165, 1.54) is 143 Å². The molecule has 0 atom stereocenters. The van der Waals surface area contributed by atoms with Crippen LogP contribution in [-0.2, 0) is 10.8 Å². The number of hydrogen-bond acceptors (Lipinski definition) is 2. The van der Waals surface area contributed by atoms with E-state index in [-0.39, 0.29) is 10.8 Å². The highest BCUT2D eigenvalue weighted by Crippen LogP contribution is 2.56. The summed E-state index contributed by atoms with van der Waals surface area (Å²) in [5.74, 6) is 0. The van der Waals surface area contributed by atoms with E-state index in [1.54, 1.807) is 0 Å². The second kappa shape index (κ2) is 29.0. The predicted molar refractivity (Wildman–Crippen MR) is 510 cm³/mol. The van der Waals surface area contributed by atoms with Gasteiger partial charge in [-0.3, -0.25) is 0 Å². The van der Waals surface area contributed by atoms with Gasteiger partial charge in [-0.05, 0) is 262 Å². The maximum absolute atomic E-state index is 2.52. The minimum Gasteiger partial charge on any atom is -0.310 e. The molecule has 0 aromatic heterocycles. The maximum Gasteiger partial charge on any atom is 0.0546 e. The normalized spacial score (nSPS) is 12.8. The molecular formula is C118H84N2. The van der Waals surface area contributed by atoms with Crippen LogP contribution in [0.25, 0.3) is 165 Å². The molecule has 0 aliphatic heterocycles. The average molecular weight is 1530 g/mol. The van der Waals surface area contributed by atoms with Gasteiger partial charge in [0.05, 0.1) is 11.4 Å². The van der Waals surface area contributed by atoms with E-state index in [0.29, 0.717) is 0 Å². The number of nitrogens with zero attached hydrogens (tertiary/aromatic N) is 2. The predicted octanol–water partition coefficient (Wildman–Crippen LogP) is 32.9. The molecule has 20 aromatic rings. The third-order valence-corrected chi connectivity index (χ3v) is 25.9. The van der Waals surface area contributed by atoms with Crippen molar-refractivity contribution in [2.45, 2.75) is 38.5 Å². The van der Waals surface area contributed by atoms with Crippen molar-refractivity contribution >= 4 is 77.2 Å². The SMILES string of the molecule is CC1(C)c2cc(-c3cccc4ccccc34)ccc2-c2ccc(N(c3ccc(-c4cccc5cc(-c6ccc(-c7ccc(-c8ccccc8)cc7)c(N(c7ccc(-c8ccc9ccccc9c8)cc7)c7ccc8c(c7)C(C)(C)c7cc(-c9cccc%10ccccc9%10)ccc7-8)c6)ccc45)cc3)c3ccccc3-c3ccc(-c4ccccc4)cc3)cc21. The van der Waals surface area contributed by atoms with Crippen LogP contribution >= 0.6 is 0 Å². The molecule has 0 bridgehead atoms. The molecule has 2 aliphatic rings. The minimum atomic E-state index is -0.318. The third-order valence-electron chi connectivity index (χ3n) is 25.9. The molecule has 20 aromatic carbocycles. The summed E-state index contributed by atoms with van der Waals surface area (Å²) >= 11 is 0. The summed E-state index contributed by atoms with van der Waals surface area (Å²) < 4.78 is 0. The molecule has 0 unspecified atom stereocenters. The number of benzene rings is 20. The molecule has 566 valence electrons. The van der Waals surface area contributed by atoms with E-state index in [2.05, 4.69) is 474 Å². The Balaban J connectivity index is 0.650. The largest absolute Gasteiger partial charge is 0.310 e. The molecule has 0 saturated heterocycles. The molecule has 120 heavy (non-hydrogen) atoms. The molecule has 0 heterocycles. The van der Waals surface area contributed by atoms with Gasteiger partial charge < -0.3 is 9.80 Å². The Kier molecular flexibility index (Phi) is 17.3. The van der Waals surface area contributed by atoms with Crippen molar-refractivity contribution in [1.82, 2.24) is 0 Å². The topological polar surface area (TPSA) is 6.48 Å². The van der Waals surface area contributed by atoms with Gasteiger partial charge in [0.2, 0.25) is 0 Å². The van der Waals surface area contributed by atoms with Crippen molar-refractivity contribution in [1.29, 1.82) is 0 Å². The first-order chi connectivity index (χ1) is 59.0. The Morgan fingerprint density at radius 2 is 0.450 bits per heavy atom. The van der Waals surface area contributed by atoms with Crippen LogP contribution in [0.15, 0.2) is 437 Å². The van der Waals surface area contributed by atoms with Crippen molar-refractivity contribution < 1.29 is 0 Å². The number of para-hydroxylation sites is 1. The molecule has 2 heteroatoms. The third kappa shape index (κ3) is 12.4. The number of hydrogen-bond donors (Lipinski definition) is 0. The van der Waals surface area contributed by atoms with Crippen LogP contribution < -0.4 is 9.80 Å². The van der Waals surface area contributed by atoms with Crippen molar-refractivity contribution in [3.8, 4) is 122 Å². The molecule has 0 saturated carbocycles. The van der Waals surface area contributed by atoms with Gasteiger partial charge in [0, 0.05) is 44.7 Å². The quantitative estimate of drug-likeness (QED) is 0.101. The summed E-state index contributed by atoms with van der Waals surface area (Å²) in [5, 5.41) is 9.84. The van der Waals surface area contributed by atoms with Crippen LogP contribution in [0.2, 0.25) is 0 Å². The van der Waals surface area contributed by atoms with Gasteiger partial charge >= 0.3 is 0 Å². The monoisotopic (exact) mass is 1530 g/mol. The summed E-state index contributed by atoms with van der Waals surface area (Å²) in [4.78, 5) is 5.00. The zero-order valence-electron chi connectivity index (χ0n) is 67.5. The van der Waals surface area contributed by atoms with Gasteiger partial charge in [-0.25, -0.2) is 0 Å². The van der Waals surface area contributed by atoms with E-state index < -0.39 is 0 Å². The lowest BCUT2D eigenvalue weighted by molar-refractivity contribution is 0.660. The fraction of sp³-hybridized carbons (Fsp3) is 0.0508. The Labute approximate surface area is 702 Å². The number of fused-ring (bicyclic) bond motifs is 10. The molecule has 0 spiro atoms. The Bertz CT molecular complexity index is 7410. The zero-order chi connectivity index (χ0) is 80.2. The maximum atomic E-state index is 2.52. The molecule has 0 amide bonds. The Morgan fingerprint density at radius 3 is 1.00 bits per heavy atom. The van der Waals surface area contributed by atoms with Crippen molar-refractivity contribution in [3.05, 3.63) is 459 Å². The molecule has 0 radical (unpaired) electrons. The smallest absolute Gasteiger partial charge is 0.0546 e. The van der Waals surface area contributed by atoms with E-state index >= 15 is 0 Å². The summed E-state index contributed by atoms with van der Waals surface area (Å²) in [5.41, 5.74) is 37.6. The molecule has 0 N–H and O–H groups in total. The lowest BCUT2D eigenvalue weighted by Gasteiger charge is -2.30. The first-order valence-corrected chi connectivity index (χ1v) is 41.9. The average Bonchev–Trinajstić information content (AvgIpc) is 1.58. The highest BCUT2D eigenvalue weighted by molar-refractivity contribution is 6.04. The minimum absolute atomic E-state index is 0.285. The molecule has 2 nitrogen and oxygen atoms in total. The van der Waals surface area contributed by atoms with E-state index in [9.17, 15) is 0 Å². The summed E-state index contributed by atoms with van der Waals surface area (Å²) in [6.45, 7) is 9.64. The van der Waals surface area contributed by atoms with Gasteiger partial charge in [-0.15, -0.1) is 0 Å². The fourth-order valence-electron chi connectivity index (χ4n) is 19.5. The number of rotatable bonds is 15. The van der Waals surface area contributed by atoms with Gasteiger partial charge in [0.15, 0.2) is 0 Å².